The van der Waals surface area contributed by atoms with E-state index in [1.54, 1.807) is 27.2 Å². The lowest BCUT2D eigenvalue weighted by atomic mass is 10.1. The lowest BCUT2D eigenvalue weighted by molar-refractivity contribution is 0.348. The van der Waals surface area contributed by atoms with Crippen molar-refractivity contribution in [2.75, 3.05) is 25.0 Å². The number of rotatable bonds is 7. The van der Waals surface area contributed by atoms with Crippen LogP contribution in [0.5, 0.6) is 6.01 Å². The number of pyridine rings is 2. The molecular formula is C24H22ClF3N5O2P. The molecule has 36 heavy (non-hydrogen) atoms. The Hall–Kier alpha value is -3.23. The van der Waals surface area contributed by atoms with Crippen LogP contribution in [0.3, 0.4) is 0 Å². The average molecular weight is 536 g/mol. The highest BCUT2D eigenvalue weighted by atomic mass is 35.5. The molecule has 0 spiro atoms. The van der Waals surface area contributed by atoms with Gasteiger partial charge in [0.2, 0.25) is 0 Å². The van der Waals surface area contributed by atoms with Crippen LogP contribution < -0.4 is 10.1 Å². The van der Waals surface area contributed by atoms with Crippen molar-refractivity contribution in [2.45, 2.75) is 19.9 Å². The first-order valence-corrected chi connectivity index (χ1v) is 14.0. The number of nitrogens with one attached hydrogen (secondary N) is 1. The maximum absolute atomic E-state index is 15.0. The van der Waals surface area contributed by atoms with Crippen molar-refractivity contribution < 1.29 is 22.5 Å². The van der Waals surface area contributed by atoms with Gasteiger partial charge in [0.15, 0.2) is 17.5 Å². The van der Waals surface area contributed by atoms with Crippen molar-refractivity contribution in [3.05, 3.63) is 70.4 Å². The average Bonchev–Trinajstić information content (AvgIpc) is 2.82. The molecule has 4 aromatic rings. The molecule has 1 atom stereocenters. The van der Waals surface area contributed by atoms with Gasteiger partial charge >= 0.3 is 6.01 Å². The summed E-state index contributed by atoms with van der Waals surface area (Å²) in [6.07, 6.45) is 2.63. The fourth-order valence-electron chi connectivity index (χ4n) is 3.47. The fourth-order valence-corrected chi connectivity index (χ4v) is 4.09. The molecule has 1 aromatic carbocycles. The van der Waals surface area contributed by atoms with Gasteiger partial charge < -0.3 is 14.6 Å². The van der Waals surface area contributed by atoms with Gasteiger partial charge in [0.05, 0.1) is 28.0 Å². The molecule has 12 heteroatoms. The van der Waals surface area contributed by atoms with Crippen molar-refractivity contribution >= 4 is 35.5 Å². The van der Waals surface area contributed by atoms with Crippen molar-refractivity contribution in [1.82, 2.24) is 19.9 Å². The van der Waals surface area contributed by atoms with E-state index in [4.69, 9.17) is 16.3 Å². The molecule has 0 radical (unpaired) electrons. The Morgan fingerprint density at radius 3 is 2.47 bits per heavy atom. The molecule has 0 saturated heterocycles. The van der Waals surface area contributed by atoms with Crippen LogP contribution in [-0.2, 0) is 4.57 Å². The molecule has 7 nitrogen and oxygen atoms in total. The number of aryl methyl sites for hydroxylation is 1. The number of fused-ring (bicyclic) bond motifs is 1. The second kappa shape index (κ2) is 10.0. The monoisotopic (exact) mass is 535 g/mol. The minimum atomic E-state index is -2.44. The first-order valence-electron chi connectivity index (χ1n) is 10.8. The van der Waals surface area contributed by atoms with Crippen LogP contribution in [0.1, 0.15) is 24.2 Å². The van der Waals surface area contributed by atoms with E-state index in [0.717, 1.165) is 6.07 Å². The maximum atomic E-state index is 15.0. The zero-order valence-electron chi connectivity index (χ0n) is 19.8. The van der Waals surface area contributed by atoms with Gasteiger partial charge in [0.1, 0.15) is 24.7 Å². The molecule has 0 aliphatic carbocycles. The molecule has 0 fully saturated rings. The van der Waals surface area contributed by atoms with E-state index in [2.05, 4.69) is 25.3 Å². The molecule has 188 valence electrons. The molecule has 3 aromatic heterocycles. The number of nitrogens with zero attached hydrogens (tertiary/aromatic N) is 4. The van der Waals surface area contributed by atoms with Crippen molar-refractivity contribution in [1.29, 1.82) is 0 Å². The molecule has 4 rings (SSSR count). The molecule has 0 bridgehead atoms. The zero-order chi connectivity index (χ0) is 26.2. The number of aromatic nitrogens is 4. The van der Waals surface area contributed by atoms with Crippen LogP contribution in [0, 0.1) is 24.4 Å². The number of anilines is 1. The highest BCUT2D eigenvalue weighted by Gasteiger charge is 2.21. The Kier molecular flexibility index (Phi) is 7.20. The van der Waals surface area contributed by atoms with E-state index in [-0.39, 0.29) is 45.2 Å². The third kappa shape index (κ3) is 5.44. The highest BCUT2D eigenvalue weighted by Crippen LogP contribution is 2.37. The first kappa shape index (κ1) is 25.9. The second-order valence-corrected chi connectivity index (χ2v) is 12.5. The summed E-state index contributed by atoms with van der Waals surface area (Å²) < 4.78 is 60.3. The predicted molar refractivity (Wildman–Crippen MR) is 134 cm³/mol. The molecule has 3 heterocycles. The number of hydrogen-bond donors (Lipinski definition) is 1. The van der Waals surface area contributed by atoms with Crippen LogP contribution in [-0.4, -0.2) is 39.6 Å². The highest BCUT2D eigenvalue weighted by molar-refractivity contribution is 7.62. The Labute approximate surface area is 210 Å². The summed E-state index contributed by atoms with van der Waals surface area (Å²) in [4.78, 5) is 16.8. The lowest BCUT2D eigenvalue weighted by Gasteiger charge is -2.20. The third-order valence-electron chi connectivity index (χ3n) is 5.23. The predicted octanol–water partition coefficient (Wildman–Crippen LogP) is 6.60. The molecule has 0 saturated carbocycles. The first-order chi connectivity index (χ1) is 16.9. The Morgan fingerprint density at radius 1 is 1.11 bits per heavy atom. The number of ether oxygens (including phenoxy) is 1. The van der Waals surface area contributed by atoms with Crippen LogP contribution in [0.25, 0.3) is 22.3 Å². The summed E-state index contributed by atoms with van der Waals surface area (Å²) in [7, 11) is -2.44. The summed E-state index contributed by atoms with van der Waals surface area (Å²) in [5.74, 6) is -2.63. The van der Waals surface area contributed by atoms with Crippen molar-refractivity contribution in [3.8, 4) is 17.3 Å². The summed E-state index contributed by atoms with van der Waals surface area (Å²) in [5, 5.41) is 3.28. The maximum Gasteiger partial charge on any atom is 0.316 e. The Morgan fingerprint density at radius 2 is 1.81 bits per heavy atom. The van der Waals surface area contributed by atoms with Gasteiger partial charge in [0.25, 0.3) is 0 Å². The minimum absolute atomic E-state index is 0.00231. The summed E-state index contributed by atoms with van der Waals surface area (Å²) in [6.45, 7) is 6.43. The minimum Gasteiger partial charge on any atom is -0.456 e. The van der Waals surface area contributed by atoms with E-state index >= 15 is 4.39 Å². The normalized spacial score (nSPS) is 12.6. The topological polar surface area (TPSA) is 89.9 Å². The standard InChI is InChI=1S/C24H22ClF3N5O2P/c1-12(15-6-5-7-16(26)20(15)28)32-23-19(25)13(2)31-18-8-17(27)21(33-22(18)23)14-9-29-24(30-10-14)35-11-36(3,4)34/h5-10,12H,11H2,1-4H3,(H,31,32)/t12-/m1/s1. The van der Waals surface area contributed by atoms with E-state index in [9.17, 15) is 13.3 Å². The number of hydrogen-bond acceptors (Lipinski definition) is 7. The van der Waals surface area contributed by atoms with Gasteiger partial charge in [0, 0.05) is 29.6 Å². The summed E-state index contributed by atoms with van der Waals surface area (Å²) in [6, 6.07) is 4.39. The summed E-state index contributed by atoms with van der Waals surface area (Å²) >= 11 is 6.51. The van der Waals surface area contributed by atoms with E-state index in [1.165, 1.54) is 30.6 Å². The molecule has 0 aliphatic rings. The molecular weight excluding hydrogens is 514 g/mol. The van der Waals surface area contributed by atoms with Gasteiger partial charge in [-0.1, -0.05) is 23.7 Å². The smallest absolute Gasteiger partial charge is 0.316 e. The van der Waals surface area contributed by atoms with Crippen LogP contribution in [0.2, 0.25) is 5.02 Å². The van der Waals surface area contributed by atoms with Gasteiger partial charge in [-0.2, -0.15) is 0 Å². The largest absolute Gasteiger partial charge is 0.456 e. The van der Waals surface area contributed by atoms with Gasteiger partial charge in [-0.15, -0.1) is 0 Å². The van der Waals surface area contributed by atoms with E-state index < -0.39 is 30.6 Å². The zero-order valence-corrected chi connectivity index (χ0v) is 21.5. The number of benzene rings is 1. The third-order valence-corrected chi connectivity index (χ3v) is 6.45. The fraction of sp³-hybridized carbons (Fsp3) is 0.250. The van der Waals surface area contributed by atoms with E-state index in [1.807, 2.05) is 0 Å². The van der Waals surface area contributed by atoms with Gasteiger partial charge in [-0.25, -0.2) is 33.1 Å². The molecule has 1 N–H and O–H groups in total. The Balaban J connectivity index is 1.75. The Bertz CT molecular complexity index is 1500. The molecule has 0 unspecified atom stereocenters. The van der Waals surface area contributed by atoms with Crippen LogP contribution in [0.4, 0.5) is 18.9 Å². The molecule has 0 amide bonds. The van der Waals surface area contributed by atoms with Gasteiger partial charge in [-0.3, -0.25) is 0 Å². The van der Waals surface area contributed by atoms with Crippen molar-refractivity contribution in [3.63, 3.8) is 0 Å². The SMILES string of the molecule is Cc1nc2cc(F)c(-c3cnc(OCP(C)(C)=O)nc3)nc2c(N[C@H](C)c2cccc(F)c2F)c1Cl. The van der Waals surface area contributed by atoms with Gasteiger partial charge in [-0.05, 0) is 33.2 Å². The quantitative estimate of drug-likeness (QED) is 0.267. The van der Waals surface area contributed by atoms with Crippen molar-refractivity contribution in [2.24, 2.45) is 0 Å². The molecule has 0 aliphatic heterocycles. The van der Waals surface area contributed by atoms with Crippen LogP contribution >= 0.6 is 18.7 Å². The summed E-state index contributed by atoms with van der Waals surface area (Å²) in [5.41, 5.74) is 1.41. The lowest BCUT2D eigenvalue weighted by Crippen LogP contribution is -2.12. The van der Waals surface area contributed by atoms with Crippen LogP contribution in [0.15, 0.2) is 36.7 Å². The number of halogens is 4. The second-order valence-electron chi connectivity index (χ2n) is 8.68. The van der Waals surface area contributed by atoms with E-state index in [0.29, 0.717) is 11.4 Å².